The number of hydrogen-bond acceptors (Lipinski definition) is 2. The topological polar surface area (TPSA) is 46.9 Å². The number of aryl methyl sites for hydroxylation is 1. The van der Waals surface area contributed by atoms with Gasteiger partial charge in [0, 0.05) is 24.0 Å². The Hall–Kier alpha value is -2.63. The molecule has 6 heteroatoms. The van der Waals surface area contributed by atoms with Gasteiger partial charge in [0.1, 0.15) is 5.82 Å². The Balaban J connectivity index is 1.33. The van der Waals surface area contributed by atoms with E-state index >= 15 is 0 Å². The summed E-state index contributed by atoms with van der Waals surface area (Å²) in [7, 11) is 0. The first-order valence-corrected chi connectivity index (χ1v) is 12.0. The van der Waals surface area contributed by atoms with Crippen molar-refractivity contribution >= 4 is 44.5 Å². The Morgan fingerprint density at radius 3 is 2.62 bits per heavy atom. The summed E-state index contributed by atoms with van der Waals surface area (Å²) in [6.45, 7) is 1.43. The zero-order chi connectivity index (χ0) is 22.3. The number of nitrogens with zero attached hydrogens (tertiary/aromatic N) is 2. The summed E-state index contributed by atoms with van der Waals surface area (Å²) < 4.78 is 3.40. The van der Waals surface area contributed by atoms with E-state index < -0.39 is 0 Å². The van der Waals surface area contributed by atoms with Crippen LogP contribution < -0.4 is 5.32 Å². The summed E-state index contributed by atoms with van der Waals surface area (Å²) in [4.78, 5) is 17.1. The maximum Gasteiger partial charge on any atom is 0.252 e. The van der Waals surface area contributed by atoms with E-state index in [0.717, 1.165) is 53.6 Å². The van der Waals surface area contributed by atoms with Crippen LogP contribution in [-0.2, 0) is 13.0 Å². The molecular formula is C26H25BrClN3O. The highest BCUT2D eigenvalue weighted by molar-refractivity contribution is 9.10. The number of fused-ring (bicyclic) bond motifs is 1. The van der Waals surface area contributed by atoms with E-state index in [0.29, 0.717) is 17.1 Å². The van der Waals surface area contributed by atoms with Gasteiger partial charge in [-0.05, 0) is 54.8 Å². The Bertz CT molecular complexity index is 1220. The number of amides is 1. The molecule has 4 aromatic rings. The number of hydrogen-bond donors (Lipinski definition) is 1. The van der Waals surface area contributed by atoms with E-state index in [1.165, 1.54) is 5.56 Å². The van der Waals surface area contributed by atoms with E-state index in [-0.39, 0.29) is 5.91 Å². The normalized spacial score (nSPS) is 11.1. The molecule has 0 aliphatic carbocycles. The second-order valence-corrected chi connectivity index (χ2v) is 9.10. The Morgan fingerprint density at radius 1 is 0.969 bits per heavy atom. The third kappa shape index (κ3) is 5.59. The van der Waals surface area contributed by atoms with E-state index in [2.05, 4.69) is 62.2 Å². The van der Waals surface area contributed by atoms with Gasteiger partial charge < -0.3 is 9.88 Å². The molecule has 0 unspecified atom stereocenters. The fourth-order valence-corrected chi connectivity index (χ4v) is 4.51. The number of unbranched alkanes of at least 4 members (excludes halogenated alkanes) is 2. The first-order chi connectivity index (χ1) is 15.6. The van der Waals surface area contributed by atoms with Crippen molar-refractivity contribution in [3.8, 4) is 0 Å². The van der Waals surface area contributed by atoms with Crippen LogP contribution in [0.4, 0.5) is 0 Å². The molecule has 0 aliphatic rings. The van der Waals surface area contributed by atoms with E-state index in [1.54, 1.807) is 12.1 Å². The quantitative estimate of drug-likeness (QED) is 0.256. The largest absolute Gasteiger partial charge is 0.352 e. The molecule has 0 atom stereocenters. The monoisotopic (exact) mass is 509 g/mol. The zero-order valence-electron chi connectivity index (χ0n) is 17.7. The second kappa shape index (κ2) is 10.8. The molecule has 0 fully saturated rings. The summed E-state index contributed by atoms with van der Waals surface area (Å²) in [5.74, 6) is 0.984. The van der Waals surface area contributed by atoms with E-state index in [9.17, 15) is 4.79 Å². The molecule has 0 aliphatic heterocycles. The standard InChI is InChI=1S/C26H25BrClN3O/c27-20-10-8-9-19(17-20)18-31-24-14-6-5-13-23(24)30-25(31)15-2-1-7-16-29-26(32)21-11-3-4-12-22(21)28/h3-6,8-14,17H,1-2,7,15-16,18H2,(H,29,32). The molecule has 1 N–H and O–H groups in total. The van der Waals surface area contributed by atoms with Gasteiger partial charge in [0.15, 0.2) is 0 Å². The Labute approximate surface area is 201 Å². The Kier molecular flexibility index (Phi) is 7.61. The number of nitrogens with one attached hydrogen (secondary N) is 1. The van der Waals surface area contributed by atoms with Gasteiger partial charge in [0.2, 0.25) is 0 Å². The first-order valence-electron chi connectivity index (χ1n) is 10.8. The molecule has 1 amide bonds. The molecule has 1 aromatic heterocycles. The highest BCUT2D eigenvalue weighted by Gasteiger charge is 2.12. The van der Waals surface area contributed by atoms with Crippen LogP contribution in [0, 0.1) is 0 Å². The van der Waals surface area contributed by atoms with Gasteiger partial charge in [0.05, 0.1) is 21.6 Å². The van der Waals surface area contributed by atoms with Crippen LogP contribution in [0.5, 0.6) is 0 Å². The summed E-state index contributed by atoms with van der Waals surface area (Å²) in [5, 5.41) is 3.44. The minimum Gasteiger partial charge on any atom is -0.352 e. The van der Waals surface area contributed by atoms with Crippen LogP contribution in [0.1, 0.15) is 41.0 Å². The van der Waals surface area contributed by atoms with Crippen LogP contribution in [0.15, 0.2) is 77.3 Å². The Morgan fingerprint density at radius 2 is 1.78 bits per heavy atom. The number of carbonyl (C=O) groups is 1. The lowest BCUT2D eigenvalue weighted by Gasteiger charge is -2.10. The van der Waals surface area contributed by atoms with Crippen molar-refractivity contribution < 1.29 is 4.79 Å². The van der Waals surface area contributed by atoms with Crippen molar-refractivity contribution in [1.82, 2.24) is 14.9 Å². The second-order valence-electron chi connectivity index (χ2n) is 7.78. The lowest BCUT2D eigenvalue weighted by atomic mass is 10.1. The first kappa shape index (κ1) is 22.6. The zero-order valence-corrected chi connectivity index (χ0v) is 20.1. The average molecular weight is 511 g/mol. The average Bonchev–Trinajstić information content (AvgIpc) is 3.13. The summed E-state index contributed by atoms with van der Waals surface area (Å²) in [5.41, 5.74) is 3.96. The molecule has 32 heavy (non-hydrogen) atoms. The van der Waals surface area contributed by atoms with Crippen LogP contribution >= 0.6 is 27.5 Å². The number of aromatic nitrogens is 2. The molecule has 1 heterocycles. The van der Waals surface area contributed by atoms with Crippen molar-refractivity contribution in [3.63, 3.8) is 0 Å². The number of para-hydroxylation sites is 2. The molecule has 0 radical (unpaired) electrons. The van der Waals surface area contributed by atoms with Gasteiger partial charge in [-0.15, -0.1) is 0 Å². The SMILES string of the molecule is O=C(NCCCCCc1nc2ccccc2n1Cc1cccc(Br)c1)c1ccccc1Cl. The molecule has 0 spiro atoms. The molecule has 3 aromatic carbocycles. The van der Waals surface area contributed by atoms with E-state index in [1.807, 2.05) is 24.3 Å². The van der Waals surface area contributed by atoms with Crippen molar-refractivity contribution in [3.05, 3.63) is 99.2 Å². The van der Waals surface area contributed by atoms with Gasteiger partial charge in [-0.3, -0.25) is 4.79 Å². The van der Waals surface area contributed by atoms with Gasteiger partial charge in [-0.2, -0.15) is 0 Å². The van der Waals surface area contributed by atoms with E-state index in [4.69, 9.17) is 16.6 Å². The third-order valence-electron chi connectivity index (χ3n) is 5.44. The third-order valence-corrected chi connectivity index (χ3v) is 6.27. The van der Waals surface area contributed by atoms with Gasteiger partial charge >= 0.3 is 0 Å². The van der Waals surface area contributed by atoms with Gasteiger partial charge in [0.25, 0.3) is 5.91 Å². The lowest BCUT2D eigenvalue weighted by Crippen LogP contribution is -2.24. The predicted octanol–water partition coefficient (Wildman–Crippen LogP) is 6.64. The number of rotatable bonds is 9. The van der Waals surface area contributed by atoms with Crippen molar-refractivity contribution in [2.75, 3.05) is 6.54 Å². The minimum atomic E-state index is -0.119. The summed E-state index contributed by atoms with van der Waals surface area (Å²) >= 11 is 9.66. The number of benzene rings is 3. The molecule has 0 saturated carbocycles. The van der Waals surface area contributed by atoms with Gasteiger partial charge in [-0.25, -0.2) is 4.98 Å². The van der Waals surface area contributed by atoms with Crippen LogP contribution in [0.2, 0.25) is 5.02 Å². The highest BCUT2D eigenvalue weighted by Crippen LogP contribution is 2.21. The lowest BCUT2D eigenvalue weighted by molar-refractivity contribution is 0.0953. The fourth-order valence-electron chi connectivity index (χ4n) is 3.84. The minimum absolute atomic E-state index is 0.119. The molecule has 4 nitrogen and oxygen atoms in total. The molecule has 4 rings (SSSR count). The summed E-state index contributed by atoms with van der Waals surface area (Å²) in [6, 6.07) is 23.8. The number of halogens is 2. The maximum absolute atomic E-state index is 12.2. The van der Waals surface area contributed by atoms with Crippen molar-refractivity contribution in [1.29, 1.82) is 0 Å². The number of carbonyl (C=O) groups excluding carboxylic acids is 1. The van der Waals surface area contributed by atoms with Crippen molar-refractivity contribution in [2.45, 2.75) is 32.2 Å². The van der Waals surface area contributed by atoms with Crippen LogP contribution in [0.3, 0.4) is 0 Å². The van der Waals surface area contributed by atoms with Crippen LogP contribution in [-0.4, -0.2) is 22.0 Å². The number of imidazole rings is 1. The maximum atomic E-state index is 12.2. The molecular weight excluding hydrogens is 486 g/mol. The molecule has 164 valence electrons. The highest BCUT2D eigenvalue weighted by atomic mass is 79.9. The predicted molar refractivity (Wildman–Crippen MR) is 134 cm³/mol. The smallest absolute Gasteiger partial charge is 0.252 e. The summed E-state index contributed by atoms with van der Waals surface area (Å²) in [6.07, 6.45) is 3.86. The van der Waals surface area contributed by atoms with Gasteiger partial charge in [-0.1, -0.05) is 70.3 Å². The fraction of sp³-hybridized carbons (Fsp3) is 0.231. The van der Waals surface area contributed by atoms with Crippen LogP contribution in [0.25, 0.3) is 11.0 Å². The molecule has 0 bridgehead atoms. The molecule has 0 saturated heterocycles. The van der Waals surface area contributed by atoms with Crippen molar-refractivity contribution in [2.24, 2.45) is 0 Å².